The Morgan fingerprint density at radius 2 is 2.44 bits per heavy atom. The van der Waals surface area contributed by atoms with Crippen LogP contribution in [0.2, 0.25) is 5.15 Å². The van der Waals surface area contributed by atoms with Crippen molar-refractivity contribution in [3.8, 4) is 6.07 Å². The number of nitriles is 1. The molecule has 0 bridgehead atoms. The number of fused-ring (bicyclic) bond motifs is 1. The molecule has 2 aromatic heterocycles. The second-order valence-corrected chi connectivity index (χ2v) is 6.51. The van der Waals surface area contributed by atoms with Crippen LogP contribution in [-0.4, -0.2) is 23.8 Å². The first kappa shape index (κ1) is 13.3. The Kier molecular flexibility index (Phi) is 3.59. The molecule has 0 radical (unpaired) electrons. The molecule has 0 spiro atoms. The molecule has 0 aliphatic rings. The average molecular weight is 305 g/mol. The van der Waals surface area contributed by atoms with Gasteiger partial charge in [0, 0.05) is 17.6 Å². The van der Waals surface area contributed by atoms with Crippen LogP contribution >= 0.6 is 22.9 Å². The minimum atomic E-state index is -3.79. The van der Waals surface area contributed by atoms with Crippen LogP contribution in [0, 0.1) is 11.3 Å². The molecule has 1 atom stereocenters. The molecule has 0 fully saturated rings. The Labute approximate surface area is 113 Å². The van der Waals surface area contributed by atoms with Gasteiger partial charge < -0.3 is 0 Å². The van der Waals surface area contributed by atoms with Gasteiger partial charge in [0.05, 0.1) is 12.5 Å². The number of hydrogen-bond donors (Lipinski definition) is 1. The standard InChI is InChI=1S/C9H9ClN4O2S2/c1-6(2-3-11)13-18(15,16)8-7(10)12-9-14(8)4-5-17-9/h4-6,13H,2H2,1H3. The van der Waals surface area contributed by atoms with Crippen molar-refractivity contribution in [3.63, 3.8) is 0 Å². The van der Waals surface area contributed by atoms with Gasteiger partial charge in [0.1, 0.15) is 0 Å². The van der Waals surface area contributed by atoms with Crippen LogP contribution in [0.5, 0.6) is 0 Å². The number of rotatable bonds is 4. The summed E-state index contributed by atoms with van der Waals surface area (Å²) in [7, 11) is -3.79. The van der Waals surface area contributed by atoms with E-state index in [9.17, 15) is 8.42 Å². The van der Waals surface area contributed by atoms with E-state index >= 15 is 0 Å². The largest absolute Gasteiger partial charge is 0.279 e. The van der Waals surface area contributed by atoms with Gasteiger partial charge in [0.25, 0.3) is 10.0 Å². The summed E-state index contributed by atoms with van der Waals surface area (Å²) in [5, 5.41) is 10.1. The fraction of sp³-hybridized carbons (Fsp3) is 0.333. The number of hydrogen-bond acceptors (Lipinski definition) is 5. The van der Waals surface area contributed by atoms with Crippen LogP contribution in [0.3, 0.4) is 0 Å². The molecule has 0 amide bonds. The number of thiazole rings is 1. The van der Waals surface area contributed by atoms with Gasteiger partial charge in [-0.3, -0.25) is 4.40 Å². The Hall–Kier alpha value is -1.14. The molecule has 2 heterocycles. The molecule has 0 aliphatic heterocycles. The summed E-state index contributed by atoms with van der Waals surface area (Å²) in [6.45, 7) is 1.61. The lowest BCUT2D eigenvalue weighted by Gasteiger charge is -2.10. The molecular formula is C9H9ClN4O2S2. The minimum absolute atomic E-state index is 0.0708. The monoisotopic (exact) mass is 304 g/mol. The summed E-state index contributed by atoms with van der Waals surface area (Å²) in [6.07, 6.45) is 1.67. The van der Waals surface area contributed by atoms with Crippen molar-refractivity contribution in [1.29, 1.82) is 5.26 Å². The Morgan fingerprint density at radius 3 is 3.11 bits per heavy atom. The van der Waals surface area contributed by atoms with Gasteiger partial charge >= 0.3 is 0 Å². The van der Waals surface area contributed by atoms with Gasteiger partial charge in [-0.2, -0.15) is 5.26 Å². The molecule has 0 saturated carbocycles. The molecule has 1 unspecified atom stereocenters. The predicted octanol–water partition coefficient (Wildman–Crippen LogP) is 1.63. The summed E-state index contributed by atoms with van der Waals surface area (Å²) in [6, 6.07) is 1.42. The van der Waals surface area contributed by atoms with E-state index in [1.165, 1.54) is 15.7 Å². The van der Waals surface area contributed by atoms with Crippen LogP contribution in [-0.2, 0) is 10.0 Å². The fourth-order valence-electron chi connectivity index (χ4n) is 1.48. The van der Waals surface area contributed by atoms with Crippen LogP contribution < -0.4 is 4.72 Å². The zero-order chi connectivity index (χ0) is 13.3. The van der Waals surface area contributed by atoms with Crippen molar-refractivity contribution in [2.24, 2.45) is 0 Å². The van der Waals surface area contributed by atoms with Gasteiger partial charge in [-0.25, -0.2) is 18.1 Å². The molecule has 0 saturated heterocycles. The van der Waals surface area contributed by atoms with E-state index in [0.717, 1.165) is 0 Å². The van der Waals surface area contributed by atoms with E-state index in [0.29, 0.717) is 4.96 Å². The molecule has 96 valence electrons. The lowest BCUT2D eigenvalue weighted by molar-refractivity contribution is 0.558. The van der Waals surface area contributed by atoms with E-state index in [-0.39, 0.29) is 16.6 Å². The maximum Gasteiger partial charge on any atom is 0.260 e. The molecule has 0 aromatic carbocycles. The van der Waals surface area contributed by atoms with Gasteiger partial charge in [-0.1, -0.05) is 11.6 Å². The topological polar surface area (TPSA) is 87.3 Å². The van der Waals surface area contributed by atoms with Crippen molar-refractivity contribution < 1.29 is 8.42 Å². The molecule has 1 N–H and O–H groups in total. The quantitative estimate of drug-likeness (QED) is 0.930. The van der Waals surface area contributed by atoms with Crippen molar-refractivity contribution in [2.75, 3.05) is 0 Å². The molecule has 9 heteroatoms. The first-order valence-electron chi connectivity index (χ1n) is 4.96. The van der Waals surface area contributed by atoms with Crippen LogP contribution in [0.25, 0.3) is 4.96 Å². The van der Waals surface area contributed by atoms with Crippen molar-refractivity contribution >= 4 is 37.9 Å². The van der Waals surface area contributed by atoms with E-state index in [2.05, 4.69) is 9.71 Å². The smallest absolute Gasteiger partial charge is 0.260 e. The number of aromatic nitrogens is 2. The maximum absolute atomic E-state index is 12.2. The SMILES string of the molecule is CC(CC#N)NS(=O)(=O)c1c(Cl)nc2sccn12. The summed E-state index contributed by atoms with van der Waals surface area (Å²) in [5.41, 5.74) is 0. The highest BCUT2D eigenvalue weighted by Gasteiger charge is 2.26. The van der Waals surface area contributed by atoms with Crippen LogP contribution in [0.1, 0.15) is 13.3 Å². The third-order valence-corrected chi connectivity index (χ3v) is 4.93. The molecule has 18 heavy (non-hydrogen) atoms. The maximum atomic E-state index is 12.2. The van der Waals surface area contributed by atoms with E-state index < -0.39 is 16.1 Å². The van der Waals surface area contributed by atoms with Crippen molar-refractivity contribution in [2.45, 2.75) is 24.4 Å². The summed E-state index contributed by atoms with van der Waals surface area (Å²) in [4.78, 5) is 4.46. The van der Waals surface area contributed by atoms with E-state index in [1.54, 1.807) is 18.5 Å². The van der Waals surface area contributed by atoms with Gasteiger partial charge in [0.2, 0.25) is 0 Å². The highest BCUT2D eigenvalue weighted by Crippen LogP contribution is 2.25. The van der Waals surface area contributed by atoms with Crippen molar-refractivity contribution in [1.82, 2.24) is 14.1 Å². The molecule has 2 aromatic rings. The first-order chi connectivity index (χ1) is 8.45. The first-order valence-corrected chi connectivity index (χ1v) is 7.70. The van der Waals surface area contributed by atoms with Crippen molar-refractivity contribution in [3.05, 3.63) is 16.7 Å². The van der Waals surface area contributed by atoms with Crippen LogP contribution in [0.15, 0.2) is 16.6 Å². The predicted molar refractivity (Wildman–Crippen MR) is 68.1 cm³/mol. The number of nitrogens with one attached hydrogen (secondary N) is 1. The minimum Gasteiger partial charge on any atom is -0.279 e. The molecular weight excluding hydrogens is 296 g/mol. The zero-order valence-corrected chi connectivity index (χ0v) is 11.7. The number of halogens is 1. The lowest BCUT2D eigenvalue weighted by atomic mass is 10.3. The van der Waals surface area contributed by atoms with Gasteiger partial charge in [-0.05, 0) is 6.92 Å². The van der Waals surface area contributed by atoms with Gasteiger partial charge in [0.15, 0.2) is 15.1 Å². The summed E-state index contributed by atoms with van der Waals surface area (Å²) in [5.74, 6) is 0. The number of nitrogens with zero attached hydrogens (tertiary/aromatic N) is 3. The Bertz CT molecular complexity index is 713. The number of imidazole rings is 1. The summed E-state index contributed by atoms with van der Waals surface area (Å²) >= 11 is 7.13. The second-order valence-electron chi connectivity index (χ2n) is 3.65. The highest BCUT2D eigenvalue weighted by molar-refractivity contribution is 7.89. The number of sulfonamides is 1. The Morgan fingerprint density at radius 1 is 1.72 bits per heavy atom. The third-order valence-electron chi connectivity index (χ3n) is 2.19. The molecule has 2 rings (SSSR count). The molecule has 6 nitrogen and oxygen atoms in total. The van der Waals surface area contributed by atoms with Gasteiger partial charge in [-0.15, -0.1) is 11.3 Å². The molecule has 0 aliphatic carbocycles. The average Bonchev–Trinajstić information content (AvgIpc) is 2.75. The summed E-state index contributed by atoms with van der Waals surface area (Å²) < 4.78 is 28.1. The second kappa shape index (κ2) is 4.85. The fourth-order valence-corrected chi connectivity index (χ4v) is 4.17. The third kappa shape index (κ3) is 2.35. The lowest BCUT2D eigenvalue weighted by Crippen LogP contribution is -2.33. The highest BCUT2D eigenvalue weighted by atomic mass is 35.5. The zero-order valence-electron chi connectivity index (χ0n) is 9.29. The normalized spacial score (nSPS) is 13.6. The van der Waals surface area contributed by atoms with E-state index in [4.69, 9.17) is 16.9 Å². The Balaban J connectivity index is 2.44. The van der Waals surface area contributed by atoms with Crippen LogP contribution in [0.4, 0.5) is 0 Å². The van der Waals surface area contributed by atoms with E-state index in [1.807, 2.05) is 6.07 Å².